The van der Waals surface area contributed by atoms with Gasteiger partial charge in [0, 0.05) is 5.54 Å². The molecular weight excluding hydrogens is 232 g/mol. The van der Waals surface area contributed by atoms with E-state index in [0.29, 0.717) is 16.7 Å². The standard InChI is InChI=1S/C13H16N2O3/c1-13(2,3)15-12-14-10-6-5-8(17-4)7-9(10)11(16)18-12/h5-7H,1-4H3,(H,14,15). The molecule has 0 spiro atoms. The lowest BCUT2D eigenvalue weighted by atomic mass is 10.1. The summed E-state index contributed by atoms with van der Waals surface area (Å²) in [6.07, 6.45) is 0. The molecule has 0 aliphatic heterocycles. The Morgan fingerprint density at radius 2 is 2.06 bits per heavy atom. The van der Waals surface area contributed by atoms with Crippen molar-refractivity contribution in [3.05, 3.63) is 28.6 Å². The van der Waals surface area contributed by atoms with E-state index in [1.54, 1.807) is 25.3 Å². The second-order valence-electron chi connectivity index (χ2n) is 5.06. The topological polar surface area (TPSA) is 64.4 Å². The molecule has 2 rings (SSSR count). The maximum absolute atomic E-state index is 11.9. The molecule has 5 nitrogen and oxygen atoms in total. The highest BCUT2D eigenvalue weighted by Crippen LogP contribution is 2.19. The van der Waals surface area contributed by atoms with Crippen molar-refractivity contribution in [2.45, 2.75) is 26.3 Å². The minimum Gasteiger partial charge on any atom is -0.497 e. The van der Waals surface area contributed by atoms with E-state index in [2.05, 4.69) is 10.3 Å². The van der Waals surface area contributed by atoms with Gasteiger partial charge >= 0.3 is 5.63 Å². The lowest BCUT2D eigenvalue weighted by Gasteiger charge is -2.19. The second-order valence-corrected chi connectivity index (χ2v) is 5.06. The van der Waals surface area contributed by atoms with Gasteiger partial charge in [-0.3, -0.25) is 0 Å². The van der Waals surface area contributed by atoms with Gasteiger partial charge in [0.2, 0.25) is 0 Å². The maximum Gasteiger partial charge on any atom is 0.348 e. The Morgan fingerprint density at radius 3 is 2.67 bits per heavy atom. The molecule has 0 unspecified atom stereocenters. The fourth-order valence-corrected chi connectivity index (χ4v) is 1.55. The molecule has 0 saturated carbocycles. The predicted molar refractivity (Wildman–Crippen MR) is 70.2 cm³/mol. The SMILES string of the molecule is COc1ccc2nc(NC(C)(C)C)oc(=O)c2c1. The molecular formula is C13H16N2O3. The van der Waals surface area contributed by atoms with Crippen molar-refractivity contribution in [2.75, 3.05) is 12.4 Å². The van der Waals surface area contributed by atoms with E-state index in [-0.39, 0.29) is 11.6 Å². The molecule has 0 aliphatic rings. The molecule has 0 bridgehead atoms. The van der Waals surface area contributed by atoms with Gasteiger partial charge in [-0.25, -0.2) is 4.79 Å². The van der Waals surface area contributed by atoms with E-state index in [1.807, 2.05) is 20.8 Å². The summed E-state index contributed by atoms with van der Waals surface area (Å²) < 4.78 is 10.2. The van der Waals surface area contributed by atoms with Crippen LogP contribution in [0.15, 0.2) is 27.4 Å². The lowest BCUT2D eigenvalue weighted by Crippen LogP contribution is -2.27. The zero-order valence-corrected chi connectivity index (χ0v) is 10.9. The molecule has 1 aromatic heterocycles. The molecule has 5 heteroatoms. The van der Waals surface area contributed by atoms with Gasteiger partial charge in [0.05, 0.1) is 18.0 Å². The van der Waals surface area contributed by atoms with Crippen molar-refractivity contribution in [3.63, 3.8) is 0 Å². The summed E-state index contributed by atoms with van der Waals surface area (Å²) in [5, 5.41) is 3.44. The summed E-state index contributed by atoms with van der Waals surface area (Å²) in [6, 6.07) is 5.34. The minimum absolute atomic E-state index is 0.219. The van der Waals surface area contributed by atoms with Crippen LogP contribution < -0.4 is 15.7 Å². The van der Waals surface area contributed by atoms with Crippen LogP contribution in [0, 0.1) is 0 Å². The van der Waals surface area contributed by atoms with Crippen molar-refractivity contribution in [3.8, 4) is 5.75 Å². The second kappa shape index (κ2) is 4.33. The van der Waals surface area contributed by atoms with E-state index in [4.69, 9.17) is 9.15 Å². The van der Waals surface area contributed by atoms with Gasteiger partial charge in [-0.05, 0) is 39.0 Å². The average Bonchev–Trinajstić information content (AvgIpc) is 2.26. The molecule has 18 heavy (non-hydrogen) atoms. The van der Waals surface area contributed by atoms with Gasteiger partial charge in [-0.15, -0.1) is 0 Å². The summed E-state index contributed by atoms with van der Waals surface area (Å²) in [5.41, 5.74) is -0.0623. The molecule has 2 aromatic rings. The van der Waals surface area contributed by atoms with Gasteiger partial charge in [0.25, 0.3) is 6.01 Å². The van der Waals surface area contributed by atoms with Crippen molar-refractivity contribution in [2.24, 2.45) is 0 Å². The predicted octanol–water partition coefficient (Wildman–Crippen LogP) is 2.41. The van der Waals surface area contributed by atoms with Crippen LogP contribution in [0.1, 0.15) is 20.8 Å². The first-order valence-corrected chi connectivity index (χ1v) is 5.66. The van der Waals surface area contributed by atoms with Crippen molar-refractivity contribution in [1.29, 1.82) is 0 Å². The summed E-state index contributed by atoms with van der Waals surface area (Å²) in [5.74, 6) is 0.605. The van der Waals surface area contributed by atoms with E-state index in [0.717, 1.165) is 0 Å². The van der Waals surface area contributed by atoms with Crippen molar-refractivity contribution < 1.29 is 9.15 Å². The molecule has 1 N–H and O–H groups in total. The van der Waals surface area contributed by atoms with Crippen LogP contribution in [0.2, 0.25) is 0 Å². The molecule has 96 valence electrons. The van der Waals surface area contributed by atoms with Crippen LogP contribution in [-0.2, 0) is 0 Å². The van der Waals surface area contributed by atoms with Crippen LogP contribution >= 0.6 is 0 Å². The fraction of sp³-hybridized carbons (Fsp3) is 0.385. The van der Waals surface area contributed by atoms with Crippen molar-refractivity contribution in [1.82, 2.24) is 4.98 Å². The third kappa shape index (κ3) is 2.61. The number of nitrogens with one attached hydrogen (secondary N) is 1. The molecule has 0 aliphatic carbocycles. The number of methoxy groups -OCH3 is 1. The normalized spacial score (nSPS) is 11.6. The summed E-state index contributed by atoms with van der Waals surface area (Å²) in [4.78, 5) is 16.1. The van der Waals surface area contributed by atoms with E-state index in [1.165, 1.54) is 0 Å². The Balaban J connectivity index is 2.54. The Kier molecular flexibility index (Phi) is 2.98. The average molecular weight is 248 g/mol. The maximum atomic E-state index is 11.9. The first kappa shape index (κ1) is 12.4. The van der Waals surface area contributed by atoms with Crippen LogP contribution in [0.4, 0.5) is 6.01 Å². The van der Waals surface area contributed by atoms with Gasteiger partial charge < -0.3 is 14.5 Å². The van der Waals surface area contributed by atoms with Crippen LogP contribution in [-0.4, -0.2) is 17.6 Å². The number of rotatable bonds is 2. The summed E-state index contributed by atoms with van der Waals surface area (Å²) >= 11 is 0. The number of hydrogen-bond donors (Lipinski definition) is 1. The third-order valence-electron chi connectivity index (χ3n) is 2.32. The summed E-state index contributed by atoms with van der Waals surface area (Å²) in [7, 11) is 1.55. The van der Waals surface area contributed by atoms with Crippen LogP contribution in [0.5, 0.6) is 5.75 Å². The Bertz CT molecular complexity index is 626. The highest BCUT2D eigenvalue weighted by atomic mass is 16.5. The first-order valence-electron chi connectivity index (χ1n) is 5.66. The summed E-state index contributed by atoms with van der Waals surface area (Å²) in [6.45, 7) is 5.90. The van der Waals surface area contributed by atoms with Gasteiger partial charge in [-0.2, -0.15) is 4.98 Å². The monoisotopic (exact) mass is 248 g/mol. The Morgan fingerprint density at radius 1 is 1.33 bits per heavy atom. The molecule has 0 amide bonds. The van der Waals surface area contributed by atoms with Gasteiger partial charge in [0.1, 0.15) is 5.75 Å². The van der Waals surface area contributed by atoms with E-state index >= 15 is 0 Å². The Labute approximate surface area is 105 Å². The number of fused-ring (bicyclic) bond motifs is 1. The number of hydrogen-bond acceptors (Lipinski definition) is 5. The molecule has 0 saturated heterocycles. The van der Waals surface area contributed by atoms with Crippen molar-refractivity contribution >= 4 is 16.9 Å². The number of ether oxygens (including phenoxy) is 1. The lowest BCUT2D eigenvalue weighted by molar-refractivity contribution is 0.415. The smallest absolute Gasteiger partial charge is 0.348 e. The number of aromatic nitrogens is 1. The first-order chi connectivity index (χ1) is 8.39. The highest BCUT2D eigenvalue weighted by molar-refractivity contribution is 5.79. The number of benzene rings is 1. The third-order valence-corrected chi connectivity index (χ3v) is 2.32. The Hall–Kier alpha value is -2.04. The van der Waals surface area contributed by atoms with Gasteiger partial charge in [0.15, 0.2) is 0 Å². The molecule has 1 aromatic carbocycles. The van der Waals surface area contributed by atoms with Crippen LogP contribution in [0.3, 0.4) is 0 Å². The molecule has 0 atom stereocenters. The molecule has 0 fully saturated rings. The van der Waals surface area contributed by atoms with E-state index in [9.17, 15) is 4.79 Å². The largest absolute Gasteiger partial charge is 0.497 e. The van der Waals surface area contributed by atoms with Gasteiger partial charge in [-0.1, -0.05) is 0 Å². The van der Waals surface area contributed by atoms with Crippen LogP contribution in [0.25, 0.3) is 10.9 Å². The fourth-order valence-electron chi connectivity index (χ4n) is 1.55. The quantitative estimate of drug-likeness (QED) is 0.884. The highest BCUT2D eigenvalue weighted by Gasteiger charge is 2.14. The molecule has 1 heterocycles. The zero-order chi connectivity index (χ0) is 13.3. The zero-order valence-electron chi connectivity index (χ0n) is 10.9. The number of nitrogens with zero attached hydrogens (tertiary/aromatic N) is 1. The van der Waals surface area contributed by atoms with E-state index < -0.39 is 5.63 Å². The minimum atomic E-state index is -0.425. The number of anilines is 1. The molecule has 0 radical (unpaired) electrons.